The van der Waals surface area contributed by atoms with Crippen molar-refractivity contribution in [3.8, 4) is 0 Å². The number of pyridine rings is 1. The zero-order valence-corrected chi connectivity index (χ0v) is 17.7. The largest absolute Gasteiger partial charge is 0.329 e. The second-order valence-electron chi connectivity index (χ2n) is 8.82. The van der Waals surface area contributed by atoms with Gasteiger partial charge in [0.25, 0.3) is 11.8 Å². The standard InChI is InChI=1S/C24H21N5O4/c30-20-6-5-19(23(32)27-20)29-12-15-10-16(1-4-18(15)24(29)33)26-22(31)14-9-13-7-8-28(17-2-3-17)21(13)25-11-14/h1,4,7-11,17,19H,2-3,5-6,12H2,(H,26,31)(H,27,30,32). The van der Waals surface area contributed by atoms with Crippen molar-refractivity contribution in [2.45, 2.75) is 44.3 Å². The highest BCUT2D eigenvalue weighted by Crippen LogP contribution is 2.37. The molecule has 0 bridgehead atoms. The molecule has 1 atom stereocenters. The summed E-state index contributed by atoms with van der Waals surface area (Å²) < 4.78 is 2.16. The van der Waals surface area contributed by atoms with Crippen molar-refractivity contribution >= 4 is 40.3 Å². The van der Waals surface area contributed by atoms with Crippen molar-refractivity contribution in [3.05, 3.63) is 59.4 Å². The van der Waals surface area contributed by atoms with E-state index >= 15 is 0 Å². The van der Waals surface area contributed by atoms with Crippen LogP contribution in [0.1, 0.15) is 58.0 Å². The van der Waals surface area contributed by atoms with Crippen molar-refractivity contribution in [3.63, 3.8) is 0 Å². The summed E-state index contributed by atoms with van der Waals surface area (Å²) >= 11 is 0. The fourth-order valence-electron chi connectivity index (χ4n) is 4.67. The second-order valence-corrected chi connectivity index (χ2v) is 8.82. The highest BCUT2D eigenvalue weighted by atomic mass is 16.2. The average molecular weight is 443 g/mol. The van der Waals surface area contributed by atoms with Gasteiger partial charge in [-0.15, -0.1) is 0 Å². The number of hydrogen-bond acceptors (Lipinski definition) is 5. The lowest BCUT2D eigenvalue weighted by Crippen LogP contribution is -2.52. The fraction of sp³-hybridized carbons (Fsp3) is 0.292. The SMILES string of the molecule is O=C1CCC(N2Cc3cc(NC(=O)c4cnc5c(ccn5C5CC5)c4)ccc3C2=O)C(=O)N1. The van der Waals surface area contributed by atoms with Crippen molar-refractivity contribution < 1.29 is 19.2 Å². The number of aromatic nitrogens is 2. The van der Waals surface area contributed by atoms with E-state index in [0.29, 0.717) is 29.3 Å². The van der Waals surface area contributed by atoms with Gasteiger partial charge in [0.15, 0.2) is 0 Å². The molecule has 0 radical (unpaired) electrons. The van der Waals surface area contributed by atoms with Gasteiger partial charge >= 0.3 is 0 Å². The van der Waals surface area contributed by atoms with Crippen molar-refractivity contribution in [2.75, 3.05) is 5.32 Å². The van der Waals surface area contributed by atoms with Gasteiger partial charge in [-0.3, -0.25) is 24.5 Å². The Hall–Kier alpha value is -4.01. The summed E-state index contributed by atoms with van der Waals surface area (Å²) in [7, 11) is 0. The van der Waals surface area contributed by atoms with Crippen LogP contribution < -0.4 is 10.6 Å². The molecule has 4 amide bonds. The normalized spacial score (nSPS) is 20.2. The number of rotatable bonds is 4. The van der Waals surface area contributed by atoms with Gasteiger partial charge in [-0.05, 0) is 55.2 Å². The van der Waals surface area contributed by atoms with Crippen LogP contribution in [0.4, 0.5) is 5.69 Å². The number of hydrogen-bond donors (Lipinski definition) is 2. The van der Waals surface area contributed by atoms with Crippen LogP contribution in [0.25, 0.3) is 11.0 Å². The van der Waals surface area contributed by atoms with Gasteiger partial charge < -0.3 is 14.8 Å². The number of benzene rings is 1. The van der Waals surface area contributed by atoms with Gasteiger partial charge in [-0.2, -0.15) is 0 Å². The molecule has 4 heterocycles. The molecule has 2 aliphatic heterocycles. The number of anilines is 1. The van der Waals surface area contributed by atoms with Crippen LogP contribution >= 0.6 is 0 Å². The summed E-state index contributed by atoms with van der Waals surface area (Å²) in [5, 5.41) is 6.10. The Balaban J connectivity index is 1.19. The Morgan fingerprint density at radius 2 is 1.94 bits per heavy atom. The molecule has 1 aromatic carbocycles. The number of carbonyl (C=O) groups is 4. The summed E-state index contributed by atoms with van der Waals surface area (Å²) in [6, 6.07) is 8.76. The van der Waals surface area contributed by atoms with E-state index in [9.17, 15) is 19.2 Å². The number of piperidine rings is 1. The third-order valence-corrected chi connectivity index (χ3v) is 6.54. The molecule has 3 aliphatic rings. The van der Waals surface area contributed by atoms with Crippen molar-refractivity contribution in [1.82, 2.24) is 19.8 Å². The lowest BCUT2D eigenvalue weighted by atomic mass is 10.0. The number of carbonyl (C=O) groups excluding carboxylic acids is 4. The van der Waals surface area contributed by atoms with Gasteiger partial charge in [0.1, 0.15) is 11.7 Å². The minimum Gasteiger partial charge on any atom is -0.329 e. The Labute approximate surface area is 188 Å². The third kappa shape index (κ3) is 3.36. The molecule has 9 nitrogen and oxygen atoms in total. The van der Waals surface area contributed by atoms with Crippen LogP contribution in [-0.2, 0) is 16.1 Å². The molecule has 33 heavy (non-hydrogen) atoms. The van der Waals surface area contributed by atoms with Crippen LogP contribution in [0, 0.1) is 0 Å². The van der Waals surface area contributed by atoms with E-state index in [1.165, 1.54) is 4.90 Å². The maximum absolute atomic E-state index is 12.8. The van der Waals surface area contributed by atoms with E-state index in [1.807, 2.05) is 18.3 Å². The van der Waals surface area contributed by atoms with Gasteiger partial charge in [0.2, 0.25) is 11.8 Å². The maximum atomic E-state index is 12.8. The predicted octanol–water partition coefficient (Wildman–Crippen LogP) is 2.38. The highest BCUT2D eigenvalue weighted by Gasteiger charge is 2.39. The molecular weight excluding hydrogens is 422 g/mol. The first-order chi connectivity index (χ1) is 16.0. The molecule has 1 saturated heterocycles. The molecule has 2 N–H and O–H groups in total. The van der Waals surface area contributed by atoms with Gasteiger partial charge in [-0.1, -0.05) is 0 Å². The smallest absolute Gasteiger partial charge is 0.257 e. The summed E-state index contributed by atoms with van der Waals surface area (Å²) in [6.45, 7) is 0.256. The third-order valence-electron chi connectivity index (χ3n) is 6.54. The summed E-state index contributed by atoms with van der Waals surface area (Å²) in [5.41, 5.74) is 3.14. The number of nitrogens with one attached hydrogen (secondary N) is 2. The molecule has 6 rings (SSSR count). The molecule has 1 saturated carbocycles. The van der Waals surface area contributed by atoms with Crippen LogP contribution in [0.2, 0.25) is 0 Å². The quantitative estimate of drug-likeness (QED) is 0.601. The lowest BCUT2D eigenvalue weighted by molar-refractivity contribution is -0.136. The monoisotopic (exact) mass is 443 g/mol. The first-order valence-electron chi connectivity index (χ1n) is 11.0. The molecule has 166 valence electrons. The van der Waals surface area contributed by atoms with Crippen molar-refractivity contribution in [1.29, 1.82) is 0 Å². The molecule has 9 heteroatoms. The molecule has 2 fully saturated rings. The summed E-state index contributed by atoms with van der Waals surface area (Å²) in [6.07, 6.45) is 6.44. The first-order valence-corrected chi connectivity index (χ1v) is 11.0. The van der Waals surface area contributed by atoms with Gasteiger partial charge in [-0.25, -0.2) is 4.98 Å². The van der Waals surface area contributed by atoms with Crippen LogP contribution in [0.5, 0.6) is 0 Å². The van der Waals surface area contributed by atoms with E-state index in [0.717, 1.165) is 29.4 Å². The zero-order chi connectivity index (χ0) is 22.7. The Morgan fingerprint density at radius 1 is 1.09 bits per heavy atom. The van der Waals surface area contributed by atoms with Gasteiger partial charge in [0.05, 0.1) is 5.56 Å². The van der Waals surface area contributed by atoms with E-state index in [1.54, 1.807) is 24.4 Å². The Kier molecular flexibility index (Phi) is 4.33. The van der Waals surface area contributed by atoms with E-state index in [-0.39, 0.29) is 30.7 Å². The summed E-state index contributed by atoms with van der Waals surface area (Å²) in [4.78, 5) is 55.3. The molecule has 1 aliphatic carbocycles. The number of fused-ring (bicyclic) bond motifs is 2. The van der Waals surface area contributed by atoms with E-state index in [2.05, 4.69) is 20.2 Å². The summed E-state index contributed by atoms with van der Waals surface area (Å²) in [5.74, 6) is -1.29. The van der Waals surface area contributed by atoms with E-state index in [4.69, 9.17) is 0 Å². The molecule has 3 aromatic rings. The van der Waals surface area contributed by atoms with Crippen molar-refractivity contribution in [2.24, 2.45) is 0 Å². The fourth-order valence-corrected chi connectivity index (χ4v) is 4.67. The Morgan fingerprint density at radius 3 is 2.73 bits per heavy atom. The molecular formula is C24H21N5O4. The highest BCUT2D eigenvalue weighted by molar-refractivity contribution is 6.07. The molecule has 0 spiro atoms. The molecule has 2 aromatic heterocycles. The van der Waals surface area contributed by atoms with Crippen LogP contribution in [-0.4, -0.2) is 44.1 Å². The minimum atomic E-state index is -0.665. The van der Waals surface area contributed by atoms with E-state index < -0.39 is 11.9 Å². The minimum absolute atomic E-state index is 0.209. The first kappa shape index (κ1) is 19.7. The lowest BCUT2D eigenvalue weighted by Gasteiger charge is -2.29. The average Bonchev–Trinajstić information content (AvgIpc) is 3.47. The van der Waals surface area contributed by atoms with Crippen LogP contribution in [0.3, 0.4) is 0 Å². The van der Waals surface area contributed by atoms with Gasteiger partial charge in [0, 0.05) is 48.0 Å². The number of amides is 4. The number of imide groups is 1. The maximum Gasteiger partial charge on any atom is 0.257 e. The molecule has 1 unspecified atom stereocenters. The predicted molar refractivity (Wildman–Crippen MR) is 118 cm³/mol. The number of nitrogens with zero attached hydrogens (tertiary/aromatic N) is 3. The second kappa shape index (κ2) is 7.26. The Bertz CT molecular complexity index is 1360. The van der Waals surface area contributed by atoms with Crippen LogP contribution in [0.15, 0.2) is 42.7 Å². The topological polar surface area (TPSA) is 113 Å². The zero-order valence-electron chi connectivity index (χ0n) is 17.7.